The molecular formula is C15H26N2O. The van der Waals surface area contributed by atoms with E-state index >= 15 is 0 Å². The van der Waals surface area contributed by atoms with Crippen LogP contribution >= 0.6 is 0 Å². The van der Waals surface area contributed by atoms with Gasteiger partial charge in [-0.05, 0) is 64.7 Å². The van der Waals surface area contributed by atoms with Gasteiger partial charge in [-0.25, -0.2) is 0 Å². The summed E-state index contributed by atoms with van der Waals surface area (Å²) in [6.45, 7) is 7.95. The number of likely N-dealkylation sites (N-methyl/N-ethyl adjacent to an activating group) is 2. The van der Waals surface area contributed by atoms with Gasteiger partial charge in [-0.1, -0.05) is 6.07 Å². The van der Waals surface area contributed by atoms with E-state index in [4.69, 9.17) is 4.74 Å². The molecule has 0 fully saturated rings. The molecule has 1 aromatic rings. The third-order valence-corrected chi connectivity index (χ3v) is 3.24. The van der Waals surface area contributed by atoms with Crippen molar-refractivity contribution in [1.82, 2.24) is 10.2 Å². The van der Waals surface area contributed by atoms with Gasteiger partial charge in [0.05, 0.1) is 6.61 Å². The molecule has 3 heteroatoms. The number of hydrogen-bond donors (Lipinski definition) is 1. The summed E-state index contributed by atoms with van der Waals surface area (Å²) in [5.41, 5.74) is 3.87. The predicted octanol–water partition coefficient (Wildman–Crippen LogP) is 2.52. The zero-order valence-electron chi connectivity index (χ0n) is 12.5. The van der Waals surface area contributed by atoms with Gasteiger partial charge in [0.1, 0.15) is 5.75 Å². The Labute approximate surface area is 111 Å². The molecular weight excluding hydrogens is 224 g/mol. The quantitative estimate of drug-likeness (QED) is 0.839. The van der Waals surface area contributed by atoms with Crippen LogP contribution in [0.4, 0.5) is 0 Å². The Morgan fingerprint density at radius 1 is 1.22 bits per heavy atom. The lowest BCUT2D eigenvalue weighted by Gasteiger charge is -2.27. The minimum Gasteiger partial charge on any atom is -0.494 e. The first kappa shape index (κ1) is 15.0. The van der Waals surface area contributed by atoms with E-state index in [1.165, 1.54) is 16.7 Å². The summed E-state index contributed by atoms with van der Waals surface area (Å²) in [6.07, 6.45) is 0. The average molecular weight is 250 g/mol. The smallest absolute Gasteiger partial charge is 0.122 e. The number of aryl methyl sites for hydroxylation is 2. The molecule has 0 aliphatic heterocycles. The van der Waals surface area contributed by atoms with E-state index in [9.17, 15) is 0 Å². The molecule has 102 valence electrons. The van der Waals surface area contributed by atoms with Crippen LogP contribution in [-0.2, 0) is 0 Å². The van der Waals surface area contributed by atoms with Gasteiger partial charge in [0.25, 0.3) is 0 Å². The van der Waals surface area contributed by atoms with Crippen LogP contribution in [0.5, 0.6) is 5.75 Å². The lowest BCUT2D eigenvalue weighted by molar-refractivity contribution is 0.292. The molecule has 0 heterocycles. The summed E-state index contributed by atoms with van der Waals surface area (Å²) in [5.74, 6) is 1.00. The molecule has 1 N–H and O–H groups in total. The van der Waals surface area contributed by atoms with Crippen molar-refractivity contribution in [3.05, 3.63) is 28.8 Å². The molecule has 1 aromatic carbocycles. The van der Waals surface area contributed by atoms with Crippen molar-refractivity contribution >= 4 is 0 Å². The van der Waals surface area contributed by atoms with Gasteiger partial charge < -0.3 is 15.0 Å². The Kier molecular flexibility index (Phi) is 5.63. The van der Waals surface area contributed by atoms with Gasteiger partial charge in [-0.15, -0.1) is 0 Å². The molecule has 1 rings (SSSR count). The molecule has 0 bridgehead atoms. The second kappa shape index (κ2) is 6.76. The molecule has 0 spiro atoms. The second-order valence-corrected chi connectivity index (χ2v) is 4.94. The summed E-state index contributed by atoms with van der Waals surface area (Å²) in [6, 6.07) is 4.80. The Morgan fingerprint density at radius 3 is 2.39 bits per heavy atom. The molecule has 1 unspecified atom stereocenters. The average Bonchev–Trinajstić information content (AvgIpc) is 2.31. The standard InChI is InChI=1S/C15H26N2O/c1-7-18-15-9-11(2)13(8-12(15)3)14(10-16-4)17(5)6/h8-9,14,16H,7,10H2,1-6H3. The van der Waals surface area contributed by atoms with E-state index in [0.29, 0.717) is 12.6 Å². The highest BCUT2D eigenvalue weighted by atomic mass is 16.5. The number of benzene rings is 1. The van der Waals surface area contributed by atoms with Crippen LogP contribution in [0.3, 0.4) is 0 Å². The van der Waals surface area contributed by atoms with Gasteiger partial charge >= 0.3 is 0 Å². The van der Waals surface area contributed by atoms with Crippen LogP contribution in [0.2, 0.25) is 0 Å². The van der Waals surface area contributed by atoms with Crippen LogP contribution in [0.25, 0.3) is 0 Å². The summed E-state index contributed by atoms with van der Waals surface area (Å²) in [7, 11) is 6.23. The van der Waals surface area contributed by atoms with Crippen LogP contribution in [0.1, 0.15) is 29.7 Å². The molecule has 0 amide bonds. The number of hydrogen-bond acceptors (Lipinski definition) is 3. The molecule has 0 saturated heterocycles. The Hall–Kier alpha value is -1.06. The van der Waals surface area contributed by atoms with Crippen LogP contribution in [0.15, 0.2) is 12.1 Å². The fourth-order valence-electron chi connectivity index (χ4n) is 2.25. The highest BCUT2D eigenvalue weighted by Gasteiger charge is 2.17. The minimum absolute atomic E-state index is 0.393. The minimum atomic E-state index is 0.393. The van der Waals surface area contributed by atoms with Crippen molar-refractivity contribution in [2.24, 2.45) is 0 Å². The number of nitrogens with zero attached hydrogens (tertiary/aromatic N) is 1. The van der Waals surface area contributed by atoms with Gasteiger partial charge in [0, 0.05) is 12.6 Å². The Balaban J connectivity index is 3.11. The zero-order valence-corrected chi connectivity index (χ0v) is 12.5. The first-order valence-electron chi connectivity index (χ1n) is 6.56. The molecule has 0 aliphatic rings. The van der Waals surface area contributed by atoms with Crippen molar-refractivity contribution < 1.29 is 4.74 Å². The van der Waals surface area contributed by atoms with Crippen molar-refractivity contribution in [3.63, 3.8) is 0 Å². The summed E-state index contributed by atoms with van der Waals surface area (Å²) in [4.78, 5) is 2.25. The maximum absolute atomic E-state index is 5.64. The fourth-order valence-corrected chi connectivity index (χ4v) is 2.25. The Morgan fingerprint density at radius 2 is 1.89 bits per heavy atom. The highest BCUT2D eigenvalue weighted by Crippen LogP contribution is 2.28. The number of ether oxygens (including phenoxy) is 1. The molecule has 3 nitrogen and oxygen atoms in total. The lowest BCUT2D eigenvalue weighted by atomic mass is 9.97. The van der Waals surface area contributed by atoms with E-state index in [0.717, 1.165) is 12.3 Å². The van der Waals surface area contributed by atoms with Gasteiger partial charge in [0.2, 0.25) is 0 Å². The van der Waals surface area contributed by atoms with Gasteiger partial charge in [0.15, 0.2) is 0 Å². The van der Waals surface area contributed by atoms with E-state index in [1.54, 1.807) is 0 Å². The number of rotatable bonds is 6. The van der Waals surface area contributed by atoms with Crippen LogP contribution in [-0.4, -0.2) is 39.2 Å². The van der Waals surface area contributed by atoms with E-state index in [2.05, 4.69) is 50.3 Å². The second-order valence-electron chi connectivity index (χ2n) is 4.94. The normalized spacial score (nSPS) is 12.8. The largest absolute Gasteiger partial charge is 0.494 e. The van der Waals surface area contributed by atoms with Crippen molar-refractivity contribution in [3.8, 4) is 5.75 Å². The first-order valence-corrected chi connectivity index (χ1v) is 6.56. The van der Waals surface area contributed by atoms with Crippen molar-refractivity contribution in [2.75, 3.05) is 34.3 Å². The third-order valence-electron chi connectivity index (χ3n) is 3.24. The predicted molar refractivity (Wildman–Crippen MR) is 77.4 cm³/mol. The molecule has 0 aromatic heterocycles. The first-order chi connectivity index (χ1) is 8.51. The van der Waals surface area contributed by atoms with E-state index in [-0.39, 0.29) is 0 Å². The fraction of sp³-hybridized carbons (Fsp3) is 0.600. The van der Waals surface area contributed by atoms with E-state index in [1.807, 2.05) is 14.0 Å². The molecule has 0 aliphatic carbocycles. The summed E-state index contributed by atoms with van der Waals surface area (Å²) < 4.78 is 5.64. The monoisotopic (exact) mass is 250 g/mol. The van der Waals surface area contributed by atoms with Crippen molar-refractivity contribution in [2.45, 2.75) is 26.8 Å². The Bertz CT molecular complexity index is 388. The highest BCUT2D eigenvalue weighted by molar-refractivity contribution is 5.43. The number of nitrogens with one attached hydrogen (secondary N) is 1. The topological polar surface area (TPSA) is 24.5 Å². The molecule has 0 radical (unpaired) electrons. The molecule has 18 heavy (non-hydrogen) atoms. The SMILES string of the molecule is CCOc1cc(C)c(C(CNC)N(C)C)cc1C. The lowest BCUT2D eigenvalue weighted by Crippen LogP contribution is -2.29. The van der Waals surface area contributed by atoms with Crippen LogP contribution < -0.4 is 10.1 Å². The maximum atomic E-state index is 5.64. The maximum Gasteiger partial charge on any atom is 0.122 e. The van der Waals surface area contributed by atoms with Gasteiger partial charge in [-0.3, -0.25) is 0 Å². The summed E-state index contributed by atoms with van der Waals surface area (Å²) >= 11 is 0. The zero-order chi connectivity index (χ0) is 13.7. The summed E-state index contributed by atoms with van der Waals surface area (Å²) in [5, 5.41) is 3.26. The molecule has 1 atom stereocenters. The third kappa shape index (κ3) is 3.47. The van der Waals surface area contributed by atoms with Crippen LogP contribution in [0, 0.1) is 13.8 Å². The van der Waals surface area contributed by atoms with Gasteiger partial charge in [-0.2, -0.15) is 0 Å². The van der Waals surface area contributed by atoms with E-state index < -0.39 is 0 Å². The van der Waals surface area contributed by atoms with Crippen molar-refractivity contribution in [1.29, 1.82) is 0 Å². The molecule has 0 saturated carbocycles.